The number of Topliss-reactive ketones (excluding diaryl/α,β-unsaturated/α-hetero) is 1. The fourth-order valence-electron chi connectivity index (χ4n) is 2.53. The number of aromatic nitrogens is 1. The third-order valence-corrected chi connectivity index (χ3v) is 3.54. The first-order chi connectivity index (χ1) is 9.75. The Morgan fingerprint density at radius 2 is 2.20 bits per heavy atom. The number of fused-ring (bicyclic) bond motifs is 1. The van der Waals surface area contributed by atoms with Gasteiger partial charge in [0, 0.05) is 12.6 Å². The number of carbonyl (C=O) groups excluding carboxylic acids is 1. The second-order valence-corrected chi connectivity index (χ2v) is 4.79. The van der Waals surface area contributed by atoms with Gasteiger partial charge in [0.2, 0.25) is 0 Å². The molecule has 1 unspecified atom stereocenters. The van der Waals surface area contributed by atoms with Gasteiger partial charge in [0.05, 0.1) is 24.5 Å². The molecule has 1 atom stereocenters. The Bertz CT molecular complexity index is 642. The van der Waals surface area contributed by atoms with Crippen LogP contribution in [0.3, 0.4) is 0 Å². The number of rotatable bonds is 3. The Kier molecular flexibility index (Phi) is 3.56. The highest BCUT2D eigenvalue weighted by molar-refractivity contribution is 5.96. The van der Waals surface area contributed by atoms with E-state index in [0.29, 0.717) is 6.61 Å². The number of nitrogens with zero attached hydrogens (tertiary/aromatic N) is 1. The summed E-state index contributed by atoms with van der Waals surface area (Å²) in [7, 11) is 0. The van der Waals surface area contributed by atoms with Gasteiger partial charge in [0.15, 0.2) is 11.6 Å². The minimum absolute atomic E-state index is 0.0756. The summed E-state index contributed by atoms with van der Waals surface area (Å²) in [5.74, 6) is -0.840. The maximum Gasteiger partial charge on any atom is 0.168 e. The largest absolute Gasteiger partial charge is 0.373 e. The first kappa shape index (κ1) is 12.9. The molecule has 1 aromatic heterocycles. The van der Waals surface area contributed by atoms with Crippen LogP contribution in [0.25, 0.3) is 0 Å². The van der Waals surface area contributed by atoms with Crippen LogP contribution in [0, 0.1) is 5.82 Å². The quantitative estimate of drug-likeness (QED) is 0.805. The highest BCUT2D eigenvalue weighted by Crippen LogP contribution is 2.30. The lowest BCUT2D eigenvalue weighted by Gasteiger charge is -2.25. The molecule has 0 N–H and O–H groups in total. The summed E-state index contributed by atoms with van der Waals surface area (Å²) in [5.41, 5.74) is 2.31. The van der Waals surface area contributed by atoms with Crippen molar-refractivity contribution in [2.75, 3.05) is 6.61 Å². The van der Waals surface area contributed by atoms with E-state index in [1.807, 2.05) is 24.3 Å². The van der Waals surface area contributed by atoms with Crippen LogP contribution in [0.15, 0.2) is 42.7 Å². The van der Waals surface area contributed by atoms with E-state index in [-0.39, 0.29) is 23.9 Å². The maximum atomic E-state index is 13.6. The van der Waals surface area contributed by atoms with Gasteiger partial charge in [0.25, 0.3) is 0 Å². The molecule has 1 aliphatic rings. The smallest absolute Gasteiger partial charge is 0.168 e. The number of ketones is 1. The van der Waals surface area contributed by atoms with Crippen molar-refractivity contribution in [1.29, 1.82) is 0 Å². The lowest BCUT2D eigenvalue weighted by molar-refractivity contribution is 0.0350. The molecule has 0 aliphatic carbocycles. The zero-order valence-corrected chi connectivity index (χ0v) is 10.9. The molecule has 2 aromatic rings. The zero-order chi connectivity index (χ0) is 13.9. The van der Waals surface area contributed by atoms with Crippen LogP contribution in [-0.4, -0.2) is 17.4 Å². The van der Waals surface area contributed by atoms with Crippen LogP contribution in [0.5, 0.6) is 0 Å². The standard InChI is InChI=1S/C16H14FNO2/c17-14-10-18-7-5-13(14)15(19)9-16-12-4-2-1-3-11(12)6-8-20-16/h1-5,7,10,16H,6,8-9H2. The Morgan fingerprint density at radius 3 is 3.05 bits per heavy atom. The second kappa shape index (κ2) is 5.51. The van der Waals surface area contributed by atoms with E-state index in [4.69, 9.17) is 4.74 Å². The average Bonchev–Trinajstić information content (AvgIpc) is 2.48. The summed E-state index contributed by atoms with van der Waals surface area (Å²) in [4.78, 5) is 15.8. The zero-order valence-electron chi connectivity index (χ0n) is 10.9. The van der Waals surface area contributed by atoms with Gasteiger partial charge in [-0.15, -0.1) is 0 Å². The monoisotopic (exact) mass is 271 g/mol. The van der Waals surface area contributed by atoms with Crippen LogP contribution >= 0.6 is 0 Å². The molecule has 20 heavy (non-hydrogen) atoms. The first-order valence-corrected chi connectivity index (χ1v) is 6.58. The molecule has 0 saturated carbocycles. The van der Waals surface area contributed by atoms with Crippen molar-refractivity contribution in [1.82, 2.24) is 4.98 Å². The van der Waals surface area contributed by atoms with Gasteiger partial charge in [-0.25, -0.2) is 4.39 Å². The van der Waals surface area contributed by atoms with Gasteiger partial charge in [-0.2, -0.15) is 0 Å². The summed E-state index contributed by atoms with van der Waals surface area (Å²) < 4.78 is 19.2. The van der Waals surface area contributed by atoms with Crippen LogP contribution in [0.2, 0.25) is 0 Å². The molecule has 102 valence electrons. The summed E-state index contributed by atoms with van der Waals surface area (Å²) in [6.07, 6.45) is 3.19. The summed E-state index contributed by atoms with van der Waals surface area (Å²) in [5, 5.41) is 0. The third kappa shape index (κ3) is 2.47. The fourth-order valence-corrected chi connectivity index (χ4v) is 2.53. The number of benzene rings is 1. The Labute approximate surface area is 116 Å². The Hall–Kier alpha value is -2.07. The SMILES string of the molecule is O=C(CC1OCCc2ccccc21)c1ccncc1F. The number of pyridine rings is 1. The number of hydrogen-bond acceptors (Lipinski definition) is 3. The number of ether oxygens (including phenoxy) is 1. The summed E-state index contributed by atoms with van der Waals surface area (Å²) >= 11 is 0. The topological polar surface area (TPSA) is 39.2 Å². The van der Waals surface area contributed by atoms with Crippen molar-refractivity contribution >= 4 is 5.78 Å². The van der Waals surface area contributed by atoms with Crippen molar-refractivity contribution in [3.8, 4) is 0 Å². The number of hydrogen-bond donors (Lipinski definition) is 0. The number of carbonyl (C=O) groups is 1. The van der Waals surface area contributed by atoms with Gasteiger partial charge in [-0.1, -0.05) is 24.3 Å². The molecule has 3 nitrogen and oxygen atoms in total. The van der Waals surface area contributed by atoms with Gasteiger partial charge in [0.1, 0.15) is 0 Å². The minimum atomic E-state index is -0.582. The van der Waals surface area contributed by atoms with Crippen molar-refractivity contribution < 1.29 is 13.9 Å². The Morgan fingerprint density at radius 1 is 1.35 bits per heavy atom. The van der Waals surface area contributed by atoms with Crippen LogP contribution in [0.4, 0.5) is 4.39 Å². The lowest BCUT2D eigenvalue weighted by Crippen LogP contribution is -2.19. The Balaban J connectivity index is 1.83. The van der Waals surface area contributed by atoms with Crippen LogP contribution in [-0.2, 0) is 11.2 Å². The molecular weight excluding hydrogens is 257 g/mol. The molecule has 4 heteroatoms. The van der Waals surface area contributed by atoms with Crippen molar-refractivity contribution in [3.05, 3.63) is 65.2 Å². The van der Waals surface area contributed by atoms with Crippen molar-refractivity contribution in [3.63, 3.8) is 0 Å². The van der Waals surface area contributed by atoms with E-state index in [0.717, 1.165) is 18.2 Å². The molecule has 0 fully saturated rings. The van der Waals surface area contributed by atoms with E-state index < -0.39 is 5.82 Å². The number of halogens is 1. The molecule has 0 spiro atoms. The molecule has 0 amide bonds. The van der Waals surface area contributed by atoms with E-state index in [9.17, 15) is 9.18 Å². The van der Waals surface area contributed by atoms with E-state index in [2.05, 4.69) is 4.98 Å². The normalized spacial score (nSPS) is 17.6. The molecule has 0 bridgehead atoms. The van der Waals surface area contributed by atoms with Gasteiger partial charge < -0.3 is 4.74 Å². The lowest BCUT2D eigenvalue weighted by atomic mass is 9.93. The molecule has 1 aliphatic heterocycles. The molecular formula is C16H14FNO2. The molecule has 3 rings (SSSR count). The highest BCUT2D eigenvalue weighted by atomic mass is 19.1. The molecule has 2 heterocycles. The maximum absolute atomic E-state index is 13.6. The molecule has 0 radical (unpaired) electrons. The molecule has 0 saturated heterocycles. The average molecular weight is 271 g/mol. The highest BCUT2D eigenvalue weighted by Gasteiger charge is 2.24. The minimum Gasteiger partial charge on any atom is -0.373 e. The molecule has 1 aromatic carbocycles. The van der Waals surface area contributed by atoms with Gasteiger partial charge in [-0.3, -0.25) is 9.78 Å². The summed E-state index contributed by atoms with van der Waals surface area (Å²) in [6, 6.07) is 9.33. The second-order valence-electron chi connectivity index (χ2n) is 4.79. The predicted octanol–water partition coefficient (Wildman–Crippen LogP) is 3.11. The predicted molar refractivity (Wildman–Crippen MR) is 72.0 cm³/mol. The van der Waals surface area contributed by atoms with E-state index >= 15 is 0 Å². The van der Waals surface area contributed by atoms with Gasteiger partial charge >= 0.3 is 0 Å². The van der Waals surface area contributed by atoms with Crippen molar-refractivity contribution in [2.45, 2.75) is 18.9 Å². The first-order valence-electron chi connectivity index (χ1n) is 6.58. The van der Waals surface area contributed by atoms with E-state index in [1.165, 1.54) is 17.8 Å². The summed E-state index contributed by atoms with van der Waals surface area (Å²) in [6.45, 7) is 0.591. The third-order valence-electron chi connectivity index (χ3n) is 3.54. The van der Waals surface area contributed by atoms with E-state index in [1.54, 1.807) is 0 Å². The van der Waals surface area contributed by atoms with Crippen molar-refractivity contribution in [2.24, 2.45) is 0 Å². The fraction of sp³-hybridized carbons (Fsp3) is 0.250. The van der Waals surface area contributed by atoms with Crippen LogP contribution in [0.1, 0.15) is 34.0 Å². The van der Waals surface area contributed by atoms with Crippen LogP contribution < -0.4 is 0 Å². The van der Waals surface area contributed by atoms with Gasteiger partial charge in [-0.05, 0) is 23.6 Å².